The Bertz CT molecular complexity index is 422. The standard InChI is InChI=1S/C14H23N3O2/c1-10(2)17(9-12-6-4-5-7-15-12)14(18)13-8-11(3)16-19-13/h8,10,12,15H,4-7,9H2,1-3H3. The van der Waals surface area contributed by atoms with Crippen LogP contribution < -0.4 is 5.32 Å². The molecule has 1 aliphatic rings. The quantitative estimate of drug-likeness (QED) is 0.904. The first-order chi connectivity index (χ1) is 9.08. The molecule has 1 fully saturated rings. The van der Waals surface area contributed by atoms with Gasteiger partial charge in [0.25, 0.3) is 5.91 Å². The molecule has 5 nitrogen and oxygen atoms in total. The average molecular weight is 265 g/mol. The molecule has 19 heavy (non-hydrogen) atoms. The summed E-state index contributed by atoms with van der Waals surface area (Å²) in [4.78, 5) is 14.3. The molecule has 0 spiro atoms. The molecule has 1 N–H and O–H groups in total. The Labute approximate surface area is 114 Å². The number of piperidine rings is 1. The van der Waals surface area contributed by atoms with Gasteiger partial charge in [-0.1, -0.05) is 11.6 Å². The maximum absolute atomic E-state index is 12.4. The molecule has 1 amide bonds. The van der Waals surface area contributed by atoms with Crippen LogP contribution in [0, 0.1) is 6.92 Å². The molecule has 1 atom stereocenters. The fourth-order valence-electron chi connectivity index (χ4n) is 2.45. The van der Waals surface area contributed by atoms with E-state index in [9.17, 15) is 4.79 Å². The van der Waals surface area contributed by atoms with Crippen LogP contribution in [0.2, 0.25) is 0 Å². The second-order valence-electron chi connectivity index (χ2n) is 5.53. The fourth-order valence-corrected chi connectivity index (χ4v) is 2.45. The Balaban J connectivity index is 2.04. The summed E-state index contributed by atoms with van der Waals surface area (Å²) < 4.78 is 5.08. The van der Waals surface area contributed by atoms with Gasteiger partial charge in [-0.3, -0.25) is 4.79 Å². The molecule has 1 unspecified atom stereocenters. The number of rotatable bonds is 4. The van der Waals surface area contributed by atoms with Gasteiger partial charge < -0.3 is 14.7 Å². The molecule has 0 aliphatic carbocycles. The zero-order chi connectivity index (χ0) is 13.8. The van der Waals surface area contributed by atoms with Gasteiger partial charge in [-0.05, 0) is 40.2 Å². The van der Waals surface area contributed by atoms with Crippen LogP contribution in [0.4, 0.5) is 0 Å². The third-order valence-corrected chi connectivity index (χ3v) is 3.55. The Kier molecular flexibility index (Phi) is 4.58. The predicted octanol–water partition coefficient (Wildman–Crippen LogP) is 1.98. The van der Waals surface area contributed by atoms with Crippen molar-refractivity contribution in [3.8, 4) is 0 Å². The van der Waals surface area contributed by atoms with Crippen molar-refractivity contribution in [2.75, 3.05) is 13.1 Å². The lowest BCUT2D eigenvalue weighted by molar-refractivity contribution is 0.0634. The minimum Gasteiger partial charge on any atom is -0.351 e. The Morgan fingerprint density at radius 3 is 2.89 bits per heavy atom. The van der Waals surface area contributed by atoms with E-state index in [4.69, 9.17) is 4.52 Å². The van der Waals surface area contributed by atoms with Gasteiger partial charge in [-0.2, -0.15) is 0 Å². The predicted molar refractivity (Wildman–Crippen MR) is 73.1 cm³/mol. The summed E-state index contributed by atoms with van der Waals surface area (Å²) >= 11 is 0. The van der Waals surface area contributed by atoms with Gasteiger partial charge in [0.15, 0.2) is 0 Å². The van der Waals surface area contributed by atoms with Gasteiger partial charge in [0.1, 0.15) is 0 Å². The van der Waals surface area contributed by atoms with Crippen molar-refractivity contribution in [3.63, 3.8) is 0 Å². The van der Waals surface area contributed by atoms with Crippen molar-refractivity contribution in [2.45, 2.75) is 52.1 Å². The number of nitrogens with zero attached hydrogens (tertiary/aromatic N) is 2. The lowest BCUT2D eigenvalue weighted by Crippen LogP contribution is -2.48. The summed E-state index contributed by atoms with van der Waals surface area (Å²) in [5.74, 6) is 0.269. The first-order valence-corrected chi connectivity index (χ1v) is 7.05. The van der Waals surface area contributed by atoms with Gasteiger partial charge >= 0.3 is 0 Å². The van der Waals surface area contributed by atoms with Gasteiger partial charge in [-0.25, -0.2) is 0 Å². The normalized spacial score (nSPS) is 19.7. The summed E-state index contributed by atoms with van der Waals surface area (Å²) in [5.41, 5.74) is 0.739. The van der Waals surface area contributed by atoms with Gasteiger partial charge in [0.05, 0.1) is 5.69 Å². The third kappa shape index (κ3) is 3.56. The molecular formula is C14H23N3O2. The molecule has 2 heterocycles. The van der Waals surface area contributed by atoms with E-state index in [1.807, 2.05) is 25.7 Å². The van der Waals surface area contributed by atoms with Crippen LogP contribution in [0.3, 0.4) is 0 Å². The minimum absolute atomic E-state index is 0.0667. The number of hydrogen-bond acceptors (Lipinski definition) is 4. The molecule has 1 aromatic heterocycles. The van der Waals surface area contributed by atoms with Crippen LogP contribution >= 0.6 is 0 Å². The summed E-state index contributed by atoms with van der Waals surface area (Å²) in [6.07, 6.45) is 3.60. The first kappa shape index (κ1) is 14.1. The number of nitrogens with one attached hydrogen (secondary N) is 1. The molecule has 0 radical (unpaired) electrons. The van der Waals surface area contributed by atoms with E-state index in [1.165, 1.54) is 12.8 Å². The molecule has 2 rings (SSSR count). The summed E-state index contributed by atoms with van der Waals surface area (Å²) in [5, 5.41) is 7.26. The fraction of sp³-hybridized carbons (Fsp3) is 0.714. The number of aryl methyl sites for hydroxylation is 1. The maximum atomic E-state index is 12.4. The lowest BCUT2D eigenvalue weighted by Gasteiger charge is -2.32. The monoisotopic (exact) mass is 265 g/mol. The van der Waals surface area contributed by atoms with Crippen LogP contribution in [0.1, 0.15) is 49.4 Å². The number of amides is 1. The summed E-state index contributed by atoms with van der Waals surface area (Å²) in [6.45, 7) is 7.67. The average Bonchev–Trinajstić information content (AvgIpc) is 2.83. The van der Waals surface area contributed by atoms with Crippen molar-refractivity contribution < 1.29 is 9.32 Å². The van der Waals surface area contributed by atoms with E-state index in [2.05, 4.69) is 10.5 Å². The molecule has 0 bridgehead atoms. The molecule has 0 saturated carbocycles. The van der Waals surface area contributed by atoms with Crippen molar-refractivity contribution in [3.05, 3.63) is 17.5 Å². The highest BCUT2D eigenvalue weighted by Gasteiger charge is 2.25. The molecule has 5 heteroatoms. The molecule has 1 aromatic rings. The third-order valence-electron chi connectivity index (χ3n) is 3.55. The maximum Gasteiger partial charge on any atom is 0.292 e. The molecule has 1 saturated heterocycles. The SMILES string of the molecule is Cc1cc(C(=O)N(CC2CCCCN2)C(C)C)on1. The summed E-state index contributed by atoms with van der Waals surface area (Å²) in [6, 6.07) is 2.25. The van der Waals surface area contributed by atoms with Crippen molar-refractivity contribution >= 4 is 5.91 Å². The molecule has 0 aromatic carbocycles. The summed E-state index contributed by atoms with van der Waals surface area (Å²) in [7, 11) is 0. The van der Waals surface area contributed by atoms with Crippen LogP contribution in [0.15, 0.2) is 10.6 Å². The van der Waals surface area contributed by atoms with Crippen LogP contribution in [0.25, 0.3) is 0 Å². The minimum atomic E-state index is -0.0667. The second kappa shape index (κ2) is 6.19. The first-order valence-electron chi connectivity index (χ1n) is 7.05. The zero-order valence-corrected chi connectivity index (χ0v) is 12.0. The second-order valence-corrected chi connectivity index (χ2v) is 5.53. The number of carbonyl (C=O) groups is 1. The largest absolute Gasteiger partial charge is 0.351 e. The zero-order valence-electron chi connectivity index (χ0n) is 12.0. The van der Waals surface area contributed by atoms with Crippen molar-refractivity contribution in [1.29, 1.82) is 0 Å². The van der Waals surface area contributed by atoms with Crippen molar-refractivity contribution in [2.24, 2.45) is 0 Å². The number of carbonyl (C=O) groups excluding carboxylic acids is 1. The van der Waals surface area contributed by atoms with Gasteiger partial charge in [-0.15, -0.1) is 0 Å². The number of hydrogen-bond donors (Lipinski definition) is 1. The lowest BCUT2D eigenvalue weighted by atomic mass is 10.0. The van der Waals surface area contributed by atoms with Crippen LogP contribution in [0.5, 0.6) is 0 Å². The molecule has 106 valence electrons. The number of aromatic nitrogens is 1. The van der Waals surface area contributed by atoms with Gasteiger partial charge in [0, 0.05) is 24.7 Å². The smallest absolute Gasteiger partial charge is 0.292 e. The van der Waals surface area contributed by atoms with E-state index >= 15 is 0 Å². The highest BCUT2D eigenvalue weighted by Crippen LogP contribution is 2.14. The topological polar surface area (TPSA) is 58.4 Å². The van der Waals surface area contributed by atoms with E-state index in [0.29, 0.717) is 11.8 Å². The Morgan fingerprint density at radius 1 is 1.58 bits per heavy atom. The van der Waals surface area contributed by atoms with Gasteiger partial charge in [0.2, 0.25) is 5.76 Å². The van der Waals surface area contributed by atoms with E-state index in [0.717, 1.165) is 25.2 Å². The Hall–Kier alpha value is -1.36. The van der Waals surface area contributed by atoms with Crippen LogP contribution in [-0.2, 0) is 0 Å². The Morgan fingerprint density at radius 2 is 2.37 bits per heavy atom. The highest BCUT2D eigenvalue weighted by molar-refractivity contribution is 5.91. The van der Waals surface area contributed by atoms with Crippen molar-refractivity contribution in [1.82, 2.24) is 15.4 Å². The van der Waals surface area contributed by atoms with E-state index in [-0.39, 0.29) is 11.9 Å². The highest BCUT2D eigenvalue weighted by atomic mass is 16.5. The molecular weight excluding hydrogens is 242 g/mol. The van der Waals surface area contributed by atoms with E-state index in [1.54, 1.807) is 6.07 Å². The van der Waals surface area contributed by atoms with E-state index < -0.39 is 0 Å². The molecule has 1 aliphatic heterocycles. The van der Waals surface area contributed by atoms with Crippen LogP contribution in [-0.4, -0.2) is 41.1 Å².